The summed E-state index contributed by atoms with van der Waals surface area (Å²) in [5.41, 5.74) is 1.79. The topological polar surface area (TPSA) is 80.2 Å². The van der Waals surface area contributed by atoms with Gasteiger partial charge in [0.1, 0.15) is 6.33 Å². The van der Waals surface area contributed by atoms with Gasteiger partial charge in [0.05, 0.1) is 22.8 Å². The summed E-state index contributed by atoms with van der Waals surface area (Å²) in [6.45, 7) is 2.30. The molecule has 1 saturated heterocycles. The van der Waals surface area contributed by atoms with Gasteiger partial charge in [0.15, 0.2) is 9.84 Å². The number of amides is 1. The monoisotopic (exact) mass is 345 g/mol. The summed E-state index contributed by atoms with van der Waals surface area (Å²) in [4.78, 5) is 22.9. The summed E-state index contributed by atoms with van der Waals surface area (Å²) in [6.07, 6.45) is 3.40. The normalized spacial score (nSPS) is 19.1. The second-order valence-electron chi connectivity index (χ2n) is 5.80. The van der Waals surface area contributed by atoms with E-state index >= 15 is 0 Å². The molecule has 1 amide bonds. The van der Waals surface area contributed by atoms with Crippen molar-refractivity contribution < 1.29 is 13.2 Å². The average molecular weight is 345 g/mol. The lowest BCUT2D eigenvalue weighted by Crippen LogP contribution is -2.41. The van der Waals surface area contributed by atoms with E-state index in [1.165, 1.54) is 12.5 Å². The highest BCUT2D eigenvalue weighted by molar-refractivity contribution is 7.91. The van der Waals surface area contributed by atoms with Crippen LogP contribution in [0.5, 0.6) is 0 Å². The molecular weight excluding hydrogens is 326 g/mol. The van der Waals surface area contributed by atoms with Crippen LogP contribution in [0.1, 0.15) is 23.7 Å². The molecule has 1 fully saturated rings. The Morgan fingerprint density at radius 1 is 1.29 bits per heavy atom. The number of carbonyl (C=O) groups excluding carboxylic acids is 1. The molecule has 0 N–H and O–H groups in total. The molecule has 2 heterocycles. The van der Waals surface area contributed by atoms with Crippen molar-refractivity contribution in [3.63, 3.8) is 0 Å². The zero-order chi connectivity index (χ0) is 17.2. The Kier molecular flexibility index (Phi) is 4.62. The highest BCUT2D eigenvalue weighted by Crippen LogP contribution is 2.24. The SMILES string of the molecule is CCN(C(=O)c1cncnc1-c1ccccc1)C1CCS(=O)(=O)C1. The smallest absolute Gasteiger partial charge is 0.257 e. The van der Waals surface area contributed by atoms with Crippen LogP contribution < -0.4 is 0 Å². The van der Waals surface area contributed by atoms with Crippen LogP contribution in [0.3, 0.4) is 0 Å². The molecule has 3 rings (SSSR count). The van der Waals surface area contributed by atoms with Crippen molar-refractivity contribution in [2.45, 2.75) is 19.4 Å². The molecule has 1 unspecified atom stereocenters. The molecule has 0 bridgehead atoms. The highest BCUT2D eigenvalue weighted by atomic mass is 32.2. The zero-order valence-electron chi connectivity index (χ0n) is 13.4. The molecular formula is C17H19N3O3S. The number of carbonyl (C=O) groups is 1. The van der Waals surface area contributed by atoms with Gasteiger partial charge in [0, 0.05) is 24.3 Å². The lowest BCUT2D eigenvalue weighted by molar-refractivity contribution is 0.0708. The fraction of sp³-hybridized carbons (Fsp3) is 0.353. The van der Waals surface area contributed by atoms with Gasteiger partial charge < -0.3 is 4.90 Å². The third-order valence-electron chi connectivity index (χ3n) is 4.24. The van der Waals surface area contributed by atoms with Crippen molar-refractivity contribution in [2.24, 2.45) is 0 Å². The minimum Gasteiger partial charge on any atom is -0.335 e. The Hall–Kier alpha value is -2.28. The minimum atomic E-state index is -3.05. The van der Waals surface area contributed by atoms with Crippen molar-refractivity contribution in [1.82, 2.24) is 14.9 Å². The fourth-order valence-electron chi connectivity index (χ4n) is 3.06. The Labute approximate surface area is 141 Å². The summed E-state index contributed by atoms with van der Waals surface area (Å²) in [6, 6.07) is 9.15. The standard InChI is InChI=1S/C17H19N3O3S/c1-2-20(14-8-9-24(22,23)11-14)17(21)15-10-18-12-19-16(15)13-6-4-3-5-7-13/h3-7,10,12,14H,2,8-9,11H2,1H3. The van der Waals surface area contributed by atoms with Crippen LogP contribution in [0, 0.1) is 0 Å². The first-order valence-electron chi connectivity index (χ1n) is 7.88. The Morgan fingerprint density at radius 3 is 2.67 bits per heavy atom. The van der Waals surface area contributed by atoms with Gasteiger partial charge in [-0.05, 0) is 13.3 Å². The molecule has 1 aromatic heterocycles. The van der Waals surface area contributed by atoms with Gasteiger partial charge >= 0.3 is 0 Å². The van der Waals surface area contributed by atoms with E-state index in [1.54, 1.807) is 4.90 Å². The van der Waals surface area contributed by atoms with Gasteiger partial charge in [-0.25, -0.2) is 18.4 Å². The lowest BCUT2D eigenvalue weighted by atomic mass is 10.1. The first-order chi connectivity index (χ1) is 11.5. The molecule has 126 valence electrons. The van der Waals surface area contributed by atoms with Crippen molar-refractivity contribution in [2.75, 3.05) is 18.1 Å². The van der Waals surface area contributed by atoms with Crippen LogP contribution in [-0.4, -0.2) is 53.3 Å². The molecule has 7 heteroatoms. The first kappa shape index (κ1) is 16.6. The summed E-state index contributed by atoms with van der Waals surface area (Å²) in [7, 11) is -3.05. The van der Waals surface area contributed by atoms with E-state index in [-0.39, 0.29) is 23.5 Å². The van der Waals surface area contributed by atoms with Gasteiger partial charge in [-0.2, -0.15) is 0 Å². The molecule has 0 saturated carbocycles. The Morgan fingerprint density at radius 2 is 2.04 bits per heavy atom. The summed E-state index contributed by atoms with van der Waals surface area (Å²) >= 11 is 0. The average Bonchev–Trinajstić information content (AvgIpc) is 2.96. The summed E-state index contributed by atoms with van der Waals surface area (Å²) in [5.74, 6) is -0.0572. The largest absolute Gasteiger partial charge is 0.335 e. The van der Waals surface area contributed by atoms with E-state index in [1.807, 2.05) is 37.3 Å². The van der Waals surface area contributed by atoms with Crippen LogP contribution in [0.2, 0.25) is 0 Å². The molecule has 0 radical (unpaired) electrons. The van der Waals surface area contributed by atoms with Crippen molar-refractivity contribution in [3.8, 4) is 11.3 Å². The number of hydrogen-bond donors (Lipinski definition) is 0. The first-order valence-corrected chi connectivity index (χ1v) is 9.71. The Balaban J connectivity index is 1.95. The molecule has 0 spiro atoms. The van der Waals surface area contributed by atoms with E-state index in [4.69, 9.17) is 0 Å². The Bertz CT molecular complexity index is 837. The van der Waals surface area contributed by atoms with Crippen molar-refractivity contribution >= 4 is 15.7 Å². The van der Waals surface area contributed by atoms with E-state index in [9.17, 15) is 13.2 Å². The number of benzene rings is 1. The van der Waals surface area contributed by atoms with Crippen LogP contribution in [0.25, 0.3) is 11.3 Å². The maximum absolute atomic E-state index is 13.0. The molecule has 1 aromatic carbocycles. The highest BCUT2D eigenvalue weighted by Gasteiger charge is 2.35. The quantitative estimate of drug-likeness (QED) is 0.844. The lowest BCUT2D eigenvalue weighted by Gasteiger charge is -2.27. The molecule has 6 nitrogen and oxygen atoms in total. The number of rotatable bonds is 4. The maximum Gasteiger partial charge on any atom is 0.257 e. The molecule has 24 heavy (non-hydrogen) atoms. The molecule has 1 aliphatic rings. The number of nitrogens with zero attached hydrogens (tertiary/aromatic N) is 3. The van der Waals surface area contributed by atoms with Crippen LogP contribution in [0.4, 0.5) is 0 Å². The van der Waals surface area contributed by atoms with Gasteiger partial charge in [-0.3, -0.25) is 4.79 Å². The zero-order valence-corrected chi connectivity index (χ0v) is 14.2. The van der Waals surface area contributed by atoms with Crippen LogP contribution in [-0.2, 0) is 9.84 Å². The number of hydrogen-bond acceptors (Lipinski definition) is 5. The molecule has 1 aliphatic heterocycles. The molecule has 1 atom stereocenters. The van der Waals surface area contributed by atoms with Crippen LogP contribution >= 0.6 is 0 Å². The maximum atomic E-state index is 13.0. The third kappa shape index (κ3) is 3.31. The predicted molar refractivity (Wildman–Crippen MR) is 91.2 cm³/mol. The number of sulfone groups is 1. The van der Waals surface area contributed by atoms with Crippen molar-refractivity contribution in [1.29, 1.82) is 0 Å². The van der Waals surface area contributed by atoms with Gasteiger partial charge in [-0.15, -0.1) is 0 Å². The minimum absolute atomic E-state index is 0.0287. The van der Waals surface area contributed by atoms with Gasteiger partial charge in [0.25, 0.3) is 5.91 Å². The fourth-order valence-corrected chi connectivity index (χ4v) is 4.79. The van der Waals surface area contributed by atoms with Gasteiger partial charge in [-0.1, -0.05) is 30.3 Å². The van der Waals surface area contributed by atoms with Crippen LogP contribution in [0.15, 0.2) is 42.9 Å². The summed E-state index contributed by atoms with van der Waals surface area (Å²) < 4.78 is 23.5. The van der Waals surface area contributed by atoms with E-state index < -0.39 is 9.84 Å². The second-order valence-corrected chi connectivity index (χ2v) is 8.03. The van der Waals surface area contributed by atoms with E-state index in [2.05, 4.69) is 9.97 Å². The van der Waals surface area contributed by atoms with Crippen molar-refractivity contribution in [3.05, 3.63) is 48.4 Å². The molecule has 0 aliphatic carbocycles. The second kappa shape index (κ2) is 6.68. The predicted octanol–water partition coefficient (Wildman–Crippen LogP) is 1.79. The van der Waals surface area contributed by atoms with E-state index in [0.717, 1.165) is 5.56 Å². The third-order valence-corrected chi connectivity index (χ3v) is 5.99. The van der Waals surface area contributed by atoms with E-state index in [0.29, 0.717) is 24.2 Å². The summed E-state index contributed by atoms with van der Waals surface area (Å²) in [5, 5.41) is 0. The number of aromatic nitrogens is 2. The molecule has 2 aromatic rings. The van der Waals surface area contributed by atoms with Gasteiger partial charge in [0.2, 0.25) is 0 Å².